The van der Waals surface area contributed by atoms with Crippen LogP contribution in [0.1, 0.15) is 12.5 Å². The first kappa shape index (κ1) is 10.6. The Kier molecular flexibility index (Phi) is 4.03. The number of benzene rings is 1. The number of nitrogens with one attached hydrogen (secondary N) is 2. The largest absolute Gasteiger partial charge is 0.300 e. The smallest absolute Gasteiger partial charge is 0.201 e. The standard InChI is InChI=1S/C9H12N4S/c1-7(12-13-9(14)11-10)8-5-3-2-4-6-8/h2-6H,10H2,1H3,(H2,11,13,14)/b12-7-. The van der Waals surface area contributed by atoms with Crippen molar-refractivity contribution in [3.8, 4) is 0 Å². The van der Waals surface area contributed by atoms with Gasteiger partial charge >= 0.3 is 0 Å². The molecule has 0 unspecified atom stereocenters. The number of hydrazone groups is 1. The number of thiocarbonyl (C=S) groups is 1. The molecule has 0 aliphatic rings. The van der Waals surface area contributed by atoms with Crippen LogP contribution in [0.2, 0.25) is 0 Å². The molecule has 14 heavy (non-hydrogen) atoms. The Morgan fingerprint density at radius 3 is 2.57 bits per heavy atom. The molecule has 0 saturated heterocycles. The van der Waals surface area contributed by atoms with Gasteiger partial charge in [0.25, 0.3) is 0 Å². The van der Waals surface area contributed by atoms with Crippen LogP contribution < -0.4 is 16.7 Å². The second-order valence-corrected chi connectivity index (χ2v) is 3.06. The van der Waals surface area contributed by atoms with Gasteiger partial charge in [0.15, 0.2) is 0 Å². The molecule has 1 aromatic carbocycles. The van der Waals surface area contributed by atoms with Gasteiger partial charge in [-0.3, -0.25) is 10.9 Å². The van der Waals surface area contributed by atoms with Crippen LogP contribution in [0, 0.1) is 0 Å². The maximum atomic E-state index is 5.07. The van der Waals surface area contributed by atoms with Crippen molar-refractivity contribution in [2.45, 2.75) is 6.92 Å². The van der Waals surface area contributed by atoms with E-state index in [9.17, 15) is 0 Å². The van der Waals surface area contributed by atoms with Gasteiger partial charge in [-0.1, -0.05) is 30.3 Å². The SMILES string of the molecule is C/C(=N/NC(=S)NN)c1ccccc1. The third-order valence-corrected chi connectivity index (χ3v) is 1.86. The zero-order chi connectivity index (χ0) is 10.4. The van der Waals surface area contributed by atoms with Crippen LogP contribution in [0.5, 0.6) is 0 Å². The lowest BCUT2D eigenvalue weighted by atomic mass is 10.1. The highest BCUT2D eigenvalue weighted by Crippen LogP contribution is 1.99. The van der Waals surface area contributed by atoms with Crippen molar-refractivity contribution in [2.24, 2.45) is 10.9 Å². The van der Waals surface area contributed by atoms with E-state index in [1.807, 2.05) is 37.3 Å². The van der Waals surface area contributed by atoms with Crippen LogP contribution in [0.15, 0.2) is 35.4 Å². The summed E-state index contributed by atoms with van der Waals surface area (Å²) in [6.45, 7) is 1.89. The fraction of sp³-hybridized carbons (Fsp3) is 0.111. The highest BCUT2D eigenvalue weighted by atomic mass is 32.1. The first-order valence-electron chi connectivity index (χ1n) is 4.10. The topological polar surface area (TPSA) is 62.4 Å². The van der Waals surface area contributed by atoms with Gasteiger partial charge in [0, 0.05) is 0 Å². The van der Waals surface area contributed by atoms with E-state index in [4.69, 9.17) is 18.1 Å². The highest BCUT2D eigenvalue weighted by molar-refractivity contribution is 7.80. The third-order valence-electron chi connectivity index (χ3n) is 1.65. The third kappa shape index (κ3) is 3.12. The van der Waals surface area contributed by atoms with Crippen LogP contribution in [0.3, 0.4) is 0 Å². The van der Waals surface area contributed by atoms with Crippen molar-refractivity contribution in [1.29, 1.82) is 0 Å². The van der Waals surface area contributed by atoms with Gasteiger partial charge in [-0.15, -0.1) is 0 Å². The summed E-state index contributed by atoms with van der Waals surface area (Å²) < 4.78 is 0. The summed E-state index contributed by atoms with van der Waals surface area (Å²) in [5.74, 6) is 5.07. The number of hydrogen-bond donors (Lipinski definition) is 3. The molecule has 0 saturated carbocycles. The lowest BCUT2D eigenvalue weighted by Crippen LogP contribution is -2.37. The maximum absolute atomic E-state index is 5.07. The van der Waals surface area contributed by atoms with Crippen molar-refractivity contribution in [3.05, 3.63) is 35.9 Å². The fourth-order valence-electron chi connectivity index (χ4n) is 0.911. The molecule has 0 aliphatic heterocycles. The average molecular weight is 208 g/mol. The van der Waals surface area contributed by atoms with Crippen LogP contribution in [0.25, 0.3) is 0 Å². The molecule has 0 spiro atoms. The quantitative estimate of drug-likeness (QED) is 0.290. The molecule has 0 fully saturated rings. The molecular formula is C9H12N4S. The van der Waals surface area contributed by atoms with Crippen molar-refractivity contribution in [1.82, 2.24) is 10.9 Å². The summed E-state index contributed by atoms with van der Waals surface area (Å²) in [5, 5.41) is 4.34. The lowest BCUT2D eigenvalue weighted by molar-refractivity contribution is 0.925. The number of rotatable bonds is 2. The molecule has 0 bridgehead atoms. The summed E-state index contributed by atoms with van der Waals surface area (Å²) in [6.07, 6.45) is 0. The van der Waals surface area contributed by atoms with Gasteiger partial charge in [-0.2, -0.15) is 5.10 Å². The summed E-state index contributed by atoms with van der Waals surface area (Å²) in [5.41, 5.74) is 6.79. The van der Waals surface area contributed by atoms with Gasteiger partial charge in [-0.25, -0.2) is 5.84 Å². The van der Waals surface area contributed by atoms with Crippen molar-refractivity contribution < 1.29 is 0 Å². The maximum Gasteiger partial charge on any atom is 0.201 e. The van der Waals surface area contributed by atoms with E-state index in [2.05, 4.69) is 16.0 Å². The number of hydrogen-bond acceptors (Lipinski definition) is 3. The first-order valence-corrected chi connectivity index (χ1v) is 4.51. The van der Waals surface area contributed by atoms with Crippen LogP contribution in [-0.4, -0.2) is 10.8 Å². The summed E-state index contributed by atoms with van der Waals surface area (Å²) in [4.78, 5) is 0. The summed E-state index contributed by atoms with van der Waals surface area (Å²) in [6, 6.07) is 9.80. The van der Waals surface area contributed by atoms with E-state index in [-0.39, 0.29) is 0 Å². The number of nitrogens with two attached hydrogens (primary N) is 1. The Bertz CT molecular complexity index is 334. The van der Waals surface area contributed by atoms with E-state index in [1.54, 1.807) is 0 Å². The molecule has 0 aromatic heterocycles. The molecule has 1 aromatic rings. The Labute approximate surface area is 88.2 Å². The molecule has 4 N–H and O–H groups in total. The van der Waals surface area contributed by atoms with E-state index in [1.165, 1.54) is 0 Å². The van der Waals surface area contributed by atoms with Gasteiger partial charge in [0.1, 0.15) is 0 Å². The second-order valence-electron chi connectivity index (χ2n) is 2.65. The van der Waals surface area contributed by atoms with E-state index < -0.39 is 0 Å². The van der Waals surface area contributed by atoms with Gasteiger partial charge < -0.3 is 0 Å². The van der Waals surface area contributed by atoms with E-state index in [0.717, 1.165) is 11.3 Å². The van der Waals surface area contributed by atoms with Crippen molar-refractivity contribution in [3.63, 3.8) is 0 Å². The minimum Gasteiger partial charge on any atom is -0.300 e. The fourth-order valence-corrected chi connectivity index (χ4v) is 0.956. The zero-order valence-corrected chi connectivity index (χ0v) is 8.64. The molecule has 74 valence electrons. The van der Waals surface area contributed by atoms with Crippen molar-refractivity contribution in [2.75, 3.05) is 0 Å². The van der Waals surface area contributed by atoms with E-state index in [0.29, 0.717) is 5.11 Å². The molecule has 0 radical (unpaired) electrons. The minimum atomic E-state index is 0.292. The minimum absolute atomic E-state index is 0.292. The molecule has 0 amide bonds. The summed E-state index contributed by atoms with van der Waals surface area (Å²) in [7, 11) is 0. The molecule has 4 nitrogen and oxygen atoms in total. The average Bonchev–Trinajstić information content (AvgIpc) is 2.26. The Morgan fingerprint density at radius 1 is 1.36 bits per heavy atom. The predicted molar refractivity (Wildman–Crippen MR) is 61.7 cm³/mol. The Morgan fingerprint density at radius 2 is 2.00 bits per heavy atom. The molecule has 0 atom stereocenters. The highest BCUT2D eigenvalue weighted by Gasteiger charge is 1.95. The van der Waals surface area contributed by atoms with E-state index >= 15 is 0 Å². The molecule has 0 heterocycles. The monoisotopic (exact) mass is 208 g/mol. The zero-order valence-electron chi connectivity index (χ0n) is 7.82. The molecular weight excluding hydrogens is 196 g/mol. The normalized spacial score (nSPS) is 10.9. The Balaban J connectivity index is 2.66. The van der Waals surface area contributed by atoms with Gasteiger partial charge in [0.05, 0.1) is 5.71 Å². The number of hydrazine groups is 1. The lowest BCUT2D eigenvalue weighted by Gasteiger charge is -2.03. The number of nitrogens with zero attached hydrogens (tertiary/aromatic N) is 1. The van der Waals surface area contributed by atoms with Gasteiger partial charge in [0.2, 0.25) is 5.11 Å². The van der Waals surface area contributed by atoms with Crippen LogP contribution >= 0.6 is 12.2 Å². The molecule has 1 rings (SSSR count). The van der Waals surface area contributed by atoms with Crippen LogP contribution in [0.4, 0.5) is 0 Å². The van der Waals surface area contributed by atoms with Crippen LogP contribution in [-0.2, 0) is 0 Å². The second kappa shape index (κ2) is 5.31. The first-order chi connectivity index (χ1) is 6.74. The molecule has 5 heteroatoms. The predicted octanol–water partition coefficient (Wildman–Crippen LogP) is 0.748. The van der Waals surface area contributed by atoms with Crippen molar-refractivity contribution >= 4 is 23.0 Å². The Hall–Kier alpha value is -1.46. The van der Waals surface area contributed by atoms with Gasteiger partial charge in [-0.05, 0) is 24.7 Å². The summed E-state index contributed by atoms with van der Waals surface area (Å²) >= 11 is 4.77. The molecule has 0 aliphatic carbocycles.